The van der Waals surface area contributed by atoms with Crippen LogP contribution >= 0.6 is 23.1 Å². The van der Waals surface area contributed by atoms with Gasteiger partial charge in [-0.2, -0.15) is 5.26 Å². The molecule has 1 N–H and O–H groups in total. The third-order valence-electron chi connectivity index (χ3n) is 5.61. The zero-order valence-corrected chi connectivity index (χ0v) is 19.8. The number of hydrogen-bond acceptors (Lipinski definition) is 6. The van der Waals surface area contributed by atoms with Gasteiger partial charge < -0.3 is 5.32 Å². The highest BCUT2D eigenvalue weighted by molar-refractivity contribution is 8.00. The van der Waals surface area contributed by atoms with E-state index in [1.54, 1.807) is 0 Å². The molecule has 2 heterocycles. The predicted octanol–water partition coefficient (Wildman–Crippen LogP) is 6.25. The normalized spacial score (nSPS) is 14.5. The zero-order chi connectivity index (χ0) is 22.3. The van der Waals surface area contributed by atoms with Crippen LogP contribution in [0, 0.1) is 11.3 Å². The van der Waals surface area contributed by atoms with Crippen LogP contribution in [0.25, 0.3) is 11.3 Å². The van der Waals surface area contributed by atoms with Crippen molar-refractivity contribution >= 4 is 34.1 Å². The standard InChI is InChI=1S/C25H26N4OS2/c1-2-22(23(30)29-25-28-21(16-31-25)17-10-7-5-8-11-17)32-24-19(15-26)14-18-12-6-3-4-9-13-20(18)27-24/h5,7-8,10-11,14,16,22H,2-4,6,9,12-13H2,1H3,(H,28,29,30). The maximum Gasteiger partial charge on any atom is 0.239 e. The molecule has 0 bridgehead atoms. The quantitative estimate of drug-likeness (QED) is 0.438. The summed E-state index contributed by atoms with van der Waals surface area (Å²) in [4.78, 5) is 22.4. The summed E-state index contributed by atoms with van der Waals surface area (Å²) in [6, 6.07) is 14.2. The van der Waals surface area contributed by atoms with E-state index in [0.29, 0.717) is 22.1 Å². The molecule has 1 unspecified atom stereocenters. The Kier molecular flexibility index (Phi) is 7.56. The second kappa shape index (κ2) is 10.8. The molecule has 1 amide bonds. The van der Waals surface area contributed by atoms with Crippen LogP contribution in [0.1, 0.15) is 55.8 Å². The highest BCUT2D eigenvalue weighted by atomic mass is 32.2. The molecule has 0 spiro atoms. The van der Waals surface area contributed by atoms with Crippen molar-refractivity contribution in [2.75, 3.05) is 5.32 Å². The number of nitriles is 1. The van der Waals surface area contributed by atoms with Crippen LogP contribution < -0.4 is 5.32 Å². The fraction of sp³-hybridized carbons (Fsp3) is 0.360. The second-order valence-electron chi connectivity index (χ2n) is 7.88. The van der Waals surface area contributed by atoms with Crippen LogP contribution in [0.3, 0.4) is 0 Å². The van der Waals surface area contributed by atoms with Gasteiger partial charge in [0.15, 0.2) is 5.13 Å². The van der Waals surface area contributed by atoms with Crippen molar-refractivity contribution in [3.63, 3.8) is 0 Å². The Labute approximate surface area is 197 Å². The number of amides is 1. The lowest BCUT2D eigenvalue weighted by Crippen LogP contribution is -2.25. The smallest absolute Gasteiger partial charge is 0.239 e. The monoisotopic (exact) mass is 462 g/mol. The second-order valence-corrected chi connectivity index (χ2v) is 9.93. The van der Waals surface area contributed by atoms with E-state index in [1.807, 2.05) is 48.7 Å². The molecule has 0 saturated heterocycles. The minimum atomic E-state index is -0.342. The molecule has 1 aliphatic rings. The van der Waals surface area contributed by atoms with Crippen molar-refractivity contribution in [1.29, 1.82) is 5.26 Å². The molecular formula is C25H26N4OS2. The zero-order valence-electron chi connectivity index (χ0n) is 18.1. The Morgan fingerprint density at radius 1 is 1.19 bits per heavy atom. The van der Waals surface area contributed by atoms with E-state index in [9.17, 15) is 10.1 Å². The number of nitrogens with zero attached hydrogens (tertiary/aromatic N) is 3. The van der Waals surface area contributed by atoms with Crippen molar-refractivity contribution in [2.45, 2.75) is 62.1 Å². The van der Waals surface area contributed by atoms with Gasteiger partial charge in [0.25, 0.3) is 0 Å². The Balaban J connectivity index is 1.49. The molecule has 1 atom stereocenters. The summed E-state index contributed by atoms with van der Waals surface area (Å²) < 4.78 is 0. The van der Waals surface area contributed by atoms with Crippen molar-refractivity contribution < 1.29 is 4.79 Å². The van der Waals surface area contributed by atoms with Crippen molar-refractivity contribution in [1.82, 2.24) is 9.97 Å². The SMILES string of the molecule is CCC(Sc1nc2c(cc1C#N)CCCCCC2)C(=O)Nc1nc(-c2ccccc2)cs1. The van der Waals surface area contributed by atoms with Gasteiger partial charge in [0, 0.05) is 16.6 Å². The van der Waals surface area contributed by atoms with E-state index < -0.39 is 0 Å². The van der Waals surface area contributed by atoms with Crippen LogP contribution in [0.4, 0.5) is 5.13 Å². The first-order valence-corrected chi connectivity index (χ1v) is 12.8. The Morgan fingerprint density at radius 2 is 1.97 bits per heavy atom. The summed E-state index contributed by atoms with van der Waals surface area (Å²) in [6.07, 6.45) is 7.29. The Morgan fingerprint density at radius 3 is 2.72 bits per heavy atom. The van der Waals surface area contributed by atoms with Gasteiger partial charge in [-0.3, -0.25) is 4.79 Å². The third kappa shape index (κ3) is 5.37. The molecule has 0 saturated carbocycles. The number of pyridine rings is 1. The van der Waals surface area contributed by atoms with Gasteiger partial charge in [0.05, 0.1) is 16.5 Å². The average Bonchev–Trinajstić information content (AvgIpc) is 3.27. The topological polar surface area (TPSA) is 78.7 Å². The molecule has 2 aromatic heterocycles. The number of fused-ring (bicyclic) bond motifs is 1. The van der Waals surface area contributed by atoms with Crippen LogP contribution in [-0.2, 0) is 17.6 Å². The van der Waals surface area contributed by atoms with Gasteiger partial charge in [0.1, 0.15) is 11.1 Å². The highest BCUT2D eigenvalue weighted by Crippen LogP contribution is 2.32. The van der Waals surface area contributed by atoms with Crippen LogP contribution in [0.5, 0.6) is 0 Å². The Bertz CT molecular complexity index is 1120. The number of rotatable bonds is 6. The highest BCUT2D eigenvalue weighted by Gasteiger charge is 2.23. The summed E-state index contributed by atoms with van der Waals surface area (Å²) in [6.45, 7) is 1.98. The molecule has 32 heavy (non-hydrogen) atoms. The first-order chi connectivity index (χ1) is 15.7. The molecule has 0 radical (unpaired) electrons. The summed E-state index contributed by atoms with van der Waals surface area (Å²) in [5.41, 5.74) is 4.73. The molecular weight excluding hydrogens is 436 g/mol. The molecule has 1 aliphatic carbocycles. The van der Waals surface area contributed by atoms with E-state index in [0.717, 1.165) is 42.6 Å². The third-order valence-corrected chi connectivity index (χ3v) is 7.73. The first-order valence-electron chi connectivity index (χ1n) is 11.1. The molecule has 0 aliphatic heterocycles. The first kappa shape index (κ1) is 22.5. The lowest BCUT2D eigenvalue weighted by atomic mass is 9.96. The molecule has 7 heteroatoms. The lowest BCUT2D eigenvalue weighted by molar-refractivity contribution is -0.115. The molecule has 5 nitrogen and oxygen atoms in total. The molecule has 1 aromatic carbocycles. The average molecular weight is 463 g/mol. The minimum absolute atomic E-state index is 0.108. The maximum absolute atomic E-state index is 13.0. The molecule has 164 valence electrons. The summed E-state index contributed by atoms with van der Waals surface area (Å²) in [7, 11) is 0. The number of carbonyl (C=O) groups is 1. The molecule has 0 fully saturated rings. The number of benzene rings is 1. The van der Waals surface area contributed by atoms with Gasteiger partial charge in [0.2, 0.25) is 5.91 Å². The number of aromatic nitrogens is 2. The fourth-order valence-corrected chi connectivity index (χ4v) is 5.57. The van der Waals surface area contributed by atoms with Crippen LogP contribution in [0.2, 0.25) is 0 Å². The largest absolute Gasteiger partial charge is 0.301 e. The van der Waals surface area contributed by atoms with Gasteiger partial charge >= 0.3 is 0 Å². The summed E-state index contributed by atoms with van der Waals surface area (Å²) >= 11 is 2.80. The fourth-order valence-electron chi connectivity index (χ4n) is 3.85. The van der Waals surface area contributed by atoms with Crippen LogP contribution in [-0.4, -0.2) is 21.1 Å². The van der Waals surface area contributed by atoms with Crippen LogP contribution in [0.15, 0.2) is 46.8 Å². The number of hydrogen-bond donors (Lipinski definition) is 1. The predicted molar refractivity (Wildman–Crippen MR) is 131 cm³/mol. The number of aryl methyl sites for hydroxylation is 2. The number of carbonyl (C=O) groups excluding carboxylic acids is 1. The van der Waals surface area contributed by atoms with Crippen molar-refractivity contribution in [3.05, 3.63) is 58.6 Å². The maximum atomic E-state index is 13.0. The number of thiazole rings is 1. The van der Waals surface area contributed by atoms with E-state index in [-0.39, 0.29) is 11.2 Å². The van der Waals surface area contributed by atoms with Gasteiger partial charge in [-0.25, -0.2) is 9.97 Å². The summed E-state index contributed by atoms with van der Waals surface area (Å²) in [5.74, 6) is -0.108. The minimum Gasteiger partial charge on any atom is -0.301 e. The van der Waals surface area contributed by atoms with E-state index in [4.69, 9.17) is 4.98 Å². The molecule has 4 rings (SSSR count). The number of anilines is 1. The van der Waals surface area contributed by atoms with Crippen molar-refractivity contribution in [3.8, 4) is 17.3 Å². The molecule has 3 aromatic rings. The lowest BCUT2D eigenvalue weighted by Gasteiger charge is -2.17. The van der Waals surface area contributed by atoms with Gasteiger partial charge in [-0.1, -0.05) is 61.9 Å². The van der Waals surface area contributed by atoms with E-state index >= 15 is 0 Å². The summed E-state index contributed by atoms with van der Waals surface area (Å²) in [5, 5.41) is 15.5. The van der Waals surface area contributed by atoms with E-state index in [2.05, 4.69) is 16.4 Å². The van der Waals surface area contributed by atoms with E-state index in [1.165, 1.54) is 41.5 Å². The van der Waals surface area contributed by atoms with Gasteiger partial charge in [-0.15, -0.1) is 11.3 Å². The van der Waals surface area contributed by atoms with Crippen molar-refractivity contribution in [2.24, 2.45) is 0 Å². The Hall–Kier alpha value is -2.69. The van der Waals surface area contributed by atoms with Gasteiger partial charge in [-0.05, 0) is 43.7 Å². The number of nitrogens with one attached hydrogen (secondary N) is 1. The number of thioether (sulfide) groups is 1.